The van der Waals surface area contributed by atoms with Crippen LogP contribution >= 0.6 is 0 Å². The first kappa shape index (κ1) is 14.7. The average Bonchev–Trinajstić information content (AvgIpc) is 2.27. The highest BCUT2D eigenvalue weighted by Crippen LogP contribution is 2.21. The second-order valence-electron chi connectivity index (χ2n) is 5.74. The number of rotatable bonds is 5. The fourth-order valence-corrected chi connectivity index (χ4v) is 1.63. The SMILES string of the molecule is COc1cccc(CC(=O)CC(N)C(C)(C)C)c1. The summed E-state index contributed by atoms with van der Waals surface area (Å²) in [6.07, 6.45) is 0.835. The molecule has 0 bridgehead atoms. The first-order chi connectivity index (χ1) is 8.32. The van der Waals surface area contributed by atoms with Gasteiger partial charge in [-0.15, -0.1) is 0 Å². The summed E-state index contributed by atoms with van der Waals surface area (Å²) in [7, 11) is 1.62. The molecule has 0 saturated carbocycles. The van der Waals surface area contributed by atoms with Crippen molar-refractivity contribution in [1.29, 1.82) is 0 Å². The zero-order chi connectivity index (χ0) is 13.8. The van der Waals surface area contributed by atoms with Crippen LogP contribution in [0.5, 0.6) is 5.75 Å². The van der Waals surface area contributed by atoms with Crippen molar-refractivity contribution in [2.45, 2.75) is 39.7 Å². The Morgan fingerprint density at radius 2 is 2.06 bits per heavy atom. The first-order valence-corrected chi connectivity index (χ1v) is 6.23. The van der Waals surface area contributed by atoms with Crippen LogP contribution in [0.2, 0.25) is 0 Å². The molecule has 0 amide bonds. The molecule has 1 atom stereocenters. The van der Waals surface area contributed by atoms with Gasteiger partial charge in [0.2, 0.25) is 0 Å². The van der Waals surface area contributed by atoms with Crippen molar-refractivity contribution >= 4 is 5.78 Å². The number of hydrogen-bond donors (Lipinski definition) is 1. The average molecular weight is 249 g/mol. The molecule has 1 rings (SSSR count). The van der Waals surface area contributed by atoms with Crippen LogP contribution in [0.15, 0.2) is 24.3 Å². The molecule has 0 saturated heterocycles. The highest BCUT2D eigenvalue weighted by Gasteiger charge is 2.23. The zero-order valence-electron chi connectivity index (χ0n) is 11.7. The fourth-order valence-electron chi connectivity index (χ4n) is 1.63. The number of carbonyl (C=O) groups is 1. The van der Waals surface area contributed by atoms with Gasteiger partial charge in [0, 0.05) is 18.9 Å². The van der Waals surface area contributed by atoms with Crippen LogP contribution in [-0.4, -0.2) is 18.9 Å². The Morgan fingerprint density at radius 1 is 1.39 bits per heavy atom. The molecule has 1 unspecified atom stereocenters. The van der Waals surface area contributed by atoms with Gasteiger partial charge < -0.3 is 10.5 Å². The summed E-state index contributed by atoms with van der Waals surface area (Å²) in [6, 6.07) is 7.49. The van der Waals surface area contributed by atoms with Crippen LogP contribution in [0.4, 0.5) is 0 Å². The molecular weight excluding hydrogens is 226 g/mol. The smallest absolute Gasteiger partial charge is 0.138 e. The Labute approximate surface area is 109 Å². The number of hydrogen-bond acceptors (Lipinski definition) is 3. The summed E-state index contributed by atoms with van der Waals surface area (Å²) in [5.41, 5.74) is 6.95. The van der Waals surface area contributed by atoms with Gasteiger partial charge in [-0.05, 0) is 23.1 Å². The van der Waals surface area contributed by atoms with E-state index >= 15 is 0 Å². The molecule has 0 spiro atoms. The fraction of sp³-hybridized carbons (Fsp3) is 0.533. The van der Waals surface area contributed by atoms with Crippen LogP contribution in [-0.2, 0) is 11.2 Å². The Balaban J connectivity index is 2.59. The topological polar surface area (TPSA) is 52.3 Å². The van der Waals surface area contributed by atoms with Crippen LogP contribution in [0.1, 0.15) is 32.8 Å². The maximum absolute atomic E-state index is 11.9. The standard InChI is InChI=1S/C15H23NO2/c1-15(2,3)14(16)10-12(17)8-11-6-5-7-13(9-11)18-4/h5-7,9,14H,8,10,16H2,1-4H3. The van der Waals surface area contributed by atoms with Crippen molar-refractivity contribution in [2.75, 3.05) is 7.11 Å². The number of methoxy groups -OCH3 is 1. The van der Waals surface area contributed by atoms with E-state index in [-0.39, 0.29) is 17.2 Å². The van der Waals surface area contributed by atoms with Crippen molar-refractivity contribution in [3.05, 3.63) is 29.8 Å². The lowest BCUT2D eigenvalue weighted by Crippen LogP contribution is -2.37. The number of Topliss-reactive ketones (excluding diaryl/α,β-unsaturated/α-hetero) is 1. The molecular formula is C15H23NO2. The minimum Gasteiger partial charge on any atom is -0.497 e. The van der Waals surface area contributed by atoms with E-state index in [1.165, 1.54) is 0 Å². The Hall–Kier alpha value is -1.35. The van der Waals surface area contributed by atoms with Gasteiger partial charge in [0.15, 0.2) is 0 Å². The minimum absolute atomic E-state index is 0.0377. The maximum atomic E-state index is 11.9. The van der Waals surface area contributed by atoms with Gasteiger partial charge in [-0.3, -0.25) is 4.79 Å². The molecule has 100 valence electrons. The highest BCUT2D eigenvalue weighted by molar-refractivity contribution is 5.81. The third-order valence-corrected chi connectivity index (χ3v) is 3.10. The third-order valence-electron chi connectivity index (χ3n) is 3.10. The lowest BCUT2D eigenvalue weighted by Gasteiger charge is -2.26. The number of ether oxygens (including phenoxy) is 1. The molecule has 0 aliphatic carbocycles. The molecule has 3 heteroatoms. The van der Waals surface area contributed by atoms with E-state index in [0.717, 1.165) is 11.3 Å². The van der Waals surface area contributed by atoms with Gasteiger partial charge in [0.05, 0.1) is 7.11 Å². The van der Waals surface area contributed by atoms with Crippen LogP contribution in [0.25, 0.3) is 0 Å². The van der Waals surface area contributed by atoms with Gasteiger partial charge in [-0.1, -0.05) is 32.9 Å². The van der Waals surface area contributed by atoms with E-state index in [1.807, 2.05) is 24.3 Å². The predicted octanol–water partition coefficient (Wildman–Crippen LogP) is 2.57. The van der Waals surface area contributed by atoms with Crippen LogP contribution < -0.4 is 10.5 Å². The van der Waals surface area contributed by atoms with Crippen molar-refractivity contribution < 1.29 is 9.53 Å². The second kappa shape index (κ2) is 6.01. The molecule has 3 nitrogen and oxygen atoms in total. The van der Waals surface area contributed by atoms with Gasteiger partial charge in [-0.25, -0.2) is 0 Å². The van der Waals surface area contributed by atoms with E-state index in [2.05, 4.69) is 20.8 Å². The van der Waals surface area contributed by atoms with Gasteiger partial charge >= 0.3 is 0 Å². The molecule has 0 aliphatic heterocycles. The molecule has 1 aromatic rings. The summed E-state index contributed by atoms with van der Waals surface area (Å²) in [6.45, 7) is 6.16. The van der Waals surface area contributed by atoms with E-state index in [0.29, 0.717) is 12.8 Å². The van der Waals surface area contributed by atoms with Crippen molar-refractivity contribution in [1.82, 2.24) is 0 Å². The molecule has 1 aromatic carbocycles. The Kier molecular flexibility index (Phi) is 4.91. The summed E-state index contributed by atoms with van der Waals surface area (Å²) >= 11 is 0. The van der Waals surface area contributed by atoms with E-state index in [4.69, 9.17) is 10.5 Å². The minimum atomic E-state index is -0.101. The zero-order valence-corrected chi connectivity index (χ0v) is 11.7. The highest BCUT2D eigenvalue weighted by atomic mass is 16.5. The maximum Gasteiger partial charge on any atom is 0.138 e. The predicted molar refractivity (Wildman–Crippen MR) is 73.8 cm³/mol. The summed E-state index contributed by atoms with van der Waals surface area (Å²) < 4.78 is 5.14. The molecule has 2 N–H and O–H groups in total. The largest absolute Gasteiger partial charge is 0.497 e. The van der Waals surface area contributed by atoms with Gasteiger partial charge in [-0.2, -0.15) is 0 Å². The monoisotopic (exact) mass is 249 g/mol. The molecule has 0 heterocycles. The Bertz CT molecular complexity index is 407. The second-order valence-corrected chi connectivity index (χ2v) is 5.74. The molecule has 0 aliphatic rings. The van der Waals surface area contributed by atoms with Crippen molar-refractivity contribution in [3.63, 3.8) is 0 Å². The van der Waals surface area contributed by atoms with Gasteiger partial charge in [0.1, 0.15) is 11.5 Å². The van der Waals surface area contributed by atoms with E-state index in [1.54, 1.807) is 7.11 Å². The van der Waals surface area contributed by atoms with Crippen LogP contribution in [0.3, 0.4) is 0 Å². The number of benzene rings is 1. The molecule has 18 heavy (non-hydrogen) atoms. The first-order valence-electron chi connectivity index (χ1n) is 6.23. The quantitative estimate of drug-likeness (QED) is 0.872. The number of carbonyl (C=O) groups excluding carboxylic acids is 1. The summed E-state index contributed by atoms with van der Waals surface area (Å²) in [4.78, 5) is 11.9. The van der Waals surface area contributed by atoms with Crippen molar-refractivity contribution in [2.24, 2.45) is 11.1 Å². The number of ketones is 1. The number of nitrogens with two attached hydrogens (primary N) is 1. The lowest BCUT2D eigenvalue weighted by atomic mass is 9.84. The third kappa shape index (κ3) is 4.49. The van der Waals surface area contributed by atoms with Crippen LogP contribution in [0, 0.1) is 5.41 Å². The van der Waals surface area contributed by atoms with E-state index in [9.17, 15) is 4.79 Å². The lowest BCUT2D eigenvalue weighted by molar-refractivity contribution is -0.119. The molecule has 0 aromatic heterocycles. The Morgan fingerprint density at radius 3 is 2.61 bits per heavy atom. The molecule has 0 fully saturated rings. The summed E-state index contributed by atoms with van der Waals surface area (Å²) in [5, 5.41) is 0. The van der Waals surface area contributed by atoms with E-state index < -0.39 is 0 Å². The van der Waals surface area contributed by atoms with Crippen molar-refractivity contribution in [3.8, 4) is 5.75 Å². The normalized spacial score (nSPS) is 13.2. The summed E-state index contributed by atoms with van der Waals surface area (Å²) in [5.74, 6) is 0.950. The molecule has 0 radical (unpaired) electrons. The van der Waals surface area contributed by atoms with Gasteiger partial charge in [0.25, 0.3) is 0 Å².